The molecule has 0 aromatic heterocycles. The Kier molecular flexibility index (Phi) is 4.57. The number of rotatable bonds is 3. The van der Waals surface area contributed by atoms with E-state index in [4.69, 9.17) is 12.2 Å². The van der Waals surface area contributed by atoms with Crippen LogP contribution in [0, 0.1) is 0 Å². The summed E-state index contributed by atoms with van der Waals surface area (Å²) in [5.41, 5.74) is -1.08. The van der Waals surface area contributed by atoms with E-state index in [0.29, 0.717) is 0 Å². The van der Waals surface area contributed by atoms with Crippen molar-refractivity contribution < 1.29 is 27.9 Å². The molecule has 9 heteroatoms. The molecule has 0 unspecified atom stereocenters. The normalized spacial score (nSPS) is 17.4. The first-order valence-corrected chi connectivity index (χ1v) is 7.04. The highest BCUT2D eigenvalue weighted by molar-refractivity contribution is 8.26. The van der Waals surface area contributed by atoms with Crippen molar-refractivity contribution in [2.24, 2.45) is 0 Å². The second-order valence-corrected chi connectivity index (χ2v) is 5.90. The zero-order chi connectivity index (χ0) is 16.5. The Bertz CT molecular complexity index is 685. The van der Waals surface area contributed by atoms with Crippen LogP contribution in [0.2, 0.25) is 0 Å². The number of halogens is 3. The van der Waals surface area contributed by atoms with Crippen LogP contribution in [-0.2, 0) is 15.8 Å². The van der Waals surface area contributed by atoms with Crippen LogP contribution in [0.3, 0.4) is 0 Å². The molecule has 0 radical (unpaired) electrons. The average Bonchev–Trinajstić information content (AvgIpc) is 2.65. The summed E-state index contributed by atoms with van der Waals surface area (Å²) in [6, 6.07) is 4.76. The number of carboxylic acid groups (broad SMARTS) is 1. The van der Waals surface area contributed by atoms with Crippen LogP contribution < -0.4 is 5.11 Å². The van der Waals surface area contributed by atoms with Gasteiger partial charge in [0.2, 0.25) is 0 Å². The van der Waals surface area contributed by atoms with Crippen molar-refractivity contribution in [2.45, 2.75) is 6.18 Å². The van der Waals surface area contributed by atoms with Crippen LogP contribution in [0.4, 0.5) is 13.2 Å². The van der Waals surface area contributed by atoms with Crippen LogP contribution in [-0.4, -0.2) is 27.6 Å². The molecule has 0 atom stereocenters. The summed E-state index contributed by atoms with van der Waals surface area (Å²) in [7, 11) is 0. The number of carbonyl (C=O) groups excluding carboxylic acids is 2. The number of carboxylic acids is 1. The molecule has 0 saturated carbocycles. The fraction of sp³-hybridized carbons (Fsp3) is 0.154. The Morgan fingerprint density at radius 1 is 1.36 bits per heavy atom. The van der Waals surface area contributed by atoms with Gasteiger partial charge in [-0.2, -0.15) is 13.2 Å². The van der Waals surface area contributed by atoms with Gasteiger partial charge in [-0.3, -0.25) is 9.69 Å². The van der Waals surface area contributed by atoms with Gasteiger partial charge in [0.05, 0.1) is 23.0 Å². The van der Waals surface area contributed by atoms with E-state index in [-0.39, 0.29) is 14.8 Å². The SMILES string of the molecule is O=C([O-])CN1C(=O)/C(=C/c2ccccc2C(F)(F)F)SC1=S. The number of thioether (sulfide) groups is 1. The average molecular weight is 346 g/mol. The Morgan fingerprint density at radius 3 is 2.59 bits per heavy atom. The lowest BCUT2D eigenvalue weighted by molar-refractivity contribution is -0.305. The maximum Gasteiger partial charge on any atom is 0.416 e. The Labute approximate surface area is 132 Å². The Hall–Kier alpha value is -1.87. The molecule has 1 aromatic rings. The topological polar surface area (TPSA) is 60.4 Å². The van der Waals surface area contributed by atoms with E-state index in [1.807, 2.05) is 0 Å². The molecule has 0 spiro atoms. The van der Waals surface area contributed by atoms with Gasteiger partial charge in [-0.25, -0.2) is 0 Å². The third-order valence-corrected chi connectivity index (χ3v) is 4.09. The summed E-state index contributed by atoms with van der Waals surface area (Å²) in [6.07, 6.45) is -3.51. The number of nitrogens with zero attached hydrogens (tertiary/aromatic N) is 1. The highest BCUT2D eigenvalue weighted by atomic mass is 32.2. The second-order valence-electron chi connectivity index (χ2n) is 4.22. The van der Waals surface area contributed by atoms with Gasteiger partial charge >= 0.3 is 6.18 Å². The number of aliphatic carboxylic acids is 1. The molecule has 1 fully saturated rings. The summed E-state index contributed by atoms with van der Waals surface area (Å²) < 4.78 is 38.7. The number of benzene rings is 1. The first-order chi connectivity index (χ1) is 10.2. The van der Waals surface area contributed by atoms with Crippen molar-refractivity contribution in [1.29, 1.82) is 0 Å². The van der Waals surface area contributed by atoms with Gasteiger partial charge in [0.1, 0.15) is 4.32 Å². The maximum atomic E-state index is 12.9. The fourth-order valence-corrected chi connectivity index (χ4v) is 3.03. The van der Waals surface area contributed by atoms with E-state index in [1.165, 1.54) is 18.2 Å². The third-order valence-electron chi connectivity index (χ3n) is 2.71. The first kappa shape index (κ1) is 16.5. The van der Waals surface area contributed by atoms with Gasteiger partial charge in [0.15, 0.2) is 0 Å². The Morgan fingerprint density at radius 2 is 2.00 bits per heavy atom. The summed E-state index contributed by atoms with van der Waals surface area (Å²) in [5.74, 6) is -2.26. The Balaban J connectivity index is 2.38. The van der Waals surface area contributed by atoms with Crippen molar-refractivity contribution in [1.82, 2.24) is 4.90 Å². The minimum Gasteiger partial charge on any atom is -0.548 e. The summed E-state index contributed by atoms with van der Waals surface area (Å²) in [5, 5.41) is 10.6. The molecule has 1 amide bonds. The molecule has 1 aromatic carbocycles. The minimum absolute atomic E-state index is 0.0371. The largest absolute Gasteiger partial charge is 0.548 e. The number of alkyl halides is 3. The molecule has 116 valence electrons. The van der Waals surface area contributed by atoms with E-state index in [1.54, 1.807) is 0 Å². The molecule has 2 rings (SSSR count). The quantitative estimate of drug-likeness (QED) is 0.615. The molecule has 0 aliphatic carbocycles. The van der Waals surface area contributed by atoms with Crippen LogP contribution in [0.5, 0.6) is 0 Å². The molecule has 1 heterocycles. The van der Waals surface area contributed by atoms with E-state index in [9.17, 15) is 27.9 Å². The second kappa shape index (κ2) is 6.09. The van der Waals surface area contributed by atoms with Gasteiger partial charge < -0.3 is 9.90 Å². The standard InChI is InChI=1S/C13H8F3NO3S2/c14-13(15,16)8-4-2-1-3-7(8)5-9-11(20)17(6-10(18)19)12(21)22-9/h1-5H,6H2,(H,18,19)/p-1/b9-5-. The van der Waals surface area contributed by atoms with Gasteiger partial charge in [0, 0.05) is 0 Å². The van der Waals surface area contributed by atoms with Gasteiger partial charge in [-0.05, 0) is 17.7 Å². The van der Waals surface area contributed by atoms with Gasteiger partial charge in [-0.15, -0.1) is 0 Å². The van der Waals surface area contributed by atoms with Crippen molar-refractivity contribution in [2.75, 3.05) is 6.54 Å². The predicted octanol–water partition coefficient (Wildman–Crippen LogP) is 1.66. The predicted molar refractivity (Wildman–Crippen MR) is 76.3 cm³/mol. The van der Waals surface area contributed by atoms with Crippen molar-refractivity contribution in [3.8, 4) is 0 Å². The number of amides is 1. The van der Waals surface area contributed by atoms with Crippen LogP contribution in [0.15, 0.2) is 29.2 Å². The minimum atomic E-state index is -4.56. The number of hydrogen-bond acceptors (Lipinski definition) is 5. The molecule has 1 aliphatic heterocycles. The number of carbonyl (C=O) groups is 2. The number of hydrogen-bond donors (Lipinski definition) is 0. The molecular weight excluding hydrogens is 339 g/mol. The zero-order valence-corrected chi connectivity index (χ0v) is 12.3. The highest BCUT2D eigenvalue weighted by Crippen LogP contribution is 2.36. The molecule has 1 aliphatic rings. The van der Waals surface area contributed by atoms with E-state index in [2.05, 4.69) is 0 Å². The third kappa shape index (κ3) is 3.47. The van der Waals surface area contributed by atoms with Gasteiger partial charge in [0.25, 0.3) is 5.91 Å². The van der Waals surface area contributed by atoms with Crippen molar-refractivity contribution in [3.05, 3.63) is 40.3 Å². The van der Waals surface area contributed by atoms with Gasteiger partial charge in [-0.1, -0.05) is 42.2 Å². The molecule has 22 heavy (non-hydrogen) atoms. The lowest BCUT2D eigenvalue weighted by atomic mass is 10.1. The first-order valence-electron chi connectivity index (χ1n) is 5.81. The van der Waals surface area contributed by atoms with Crippen LogP contribution >= 0.6 is 24.0 Å². The van der Waals surface area contributed by atoms with E-state index < -0.39 is 30.2 Å². The van der Waals surface area contributed by atoms with E-state index in [0.717, 1.165) is 28.8 Å². The molecule has 1 saturated heterocycles. The molecule has 0 N–H and O–H groups in total. The van der Waals surface area contributed by atoms with E-state index >= 15 is 0 Å². The summed E-state index contributed by atoms with van der Waals surface area (Å²) >= 11 is 5.60. The lowest BCUT2D eigenvalue weighted by Crippen LogP contribution is -2.40. The summed E-state index contributed by atoms with van der Waals surface area (Å²) in [6.45, 7) is -0.733. The lowest BCUT2D eigenvalue weighted by Gasteiger charge is -2.14. The van der Waals surface area contributed by atoms with Crippen molar-refractivity contribution in [3.63, 3.8) is 0 Å². The highest BCUT2D eigenvalue weighted by Gasteiger charge is 2.35. The fourth-order valence-electron chi connectivity index (χ4n) is 1.79. The summed E-state index contributed by atoms with van der Waals surface area (Å²) in [4.78, 5) is 23.3. The van der Waals surface area contributed by atoms with Crippen LogP contribution in [0.25, 0.3) is 6.08 Å². The molecule has 0 bridgehead atoms. The zero-order valence-electron chi connectivity index (χ0n) is 10.7. The smallest absolute Gasteiger partial charge is 0.416 e. The van der Waals surface area contributed by atoms with Crippen molar-refractivity contribution >= 4 is 46.3 Å². The van der Waals surface area contributed by atoms with Crippen LogP contribution in [0.1, 0.15) is 11.1 Å². The number of thiocarbonyl (C=S) groups is 1. The maximum absolute atomic E-state index is 12.9. The molecular formula is C13H7F3NO3S2-. The monoisotopic (exact) mass is 346 g/mol. The molecule has 4 nitrogen and oxygen atoms in total.